The number of rotatable bonds is 8. The van der Waals surface area contributed by atoms with Crippen LogP contribution in [0.4, 0.5) is 4.79 Å². The van der Waals surface area contributed by atoms with E-state index in [1.54, 1.807) is 18.3 Å². The van der Waals surface area contributed by atoms with E-state index < -0.39 is 48.4 Å². The van der Waals surface area contributed by atoms with E-state index in [1.807, 2.05) is 25.1 Å². The van der Waals surface area contributed by atoms with Crippen LogP contribution in [0.3, 0.4) is 0 Å². The second kappa shape index (κ2) is 12.1. The minimum Gasteiger partial charge on any atom is -0.508 e. The number of aromatic hydroxyl groups is 1. The molecule has 206 valence electrons. The monoisotopic (exact) mass is 554 g/mol. The highest BCUT2D eigenvalue weighted by Crippen LogP contribution is 2.47. The first kappa shape index (κ1) is 28.5. The van der Waals surface area contributed by atoms with E-state index in [1.165, 1.54) is 12.1 Å². The average molecular weight is 555 g/mol. The Labute approximate surface area is 231 Å². The zero-order valence-corrected chi connectivity index (χ0v) is 22.5. The molecule has 4 rings (SSSR count). The van der Waals surface area contributed by atoms with Crippen LogP contribution in [0.15, 0.2) is 53.7 Å². The number of hydrogen-bond acceptors (Lipinski definition) is 8. The van der Waals surface area contributed by atoms with Gasteiger partial charge in [0.05, 0.1) is 42.4 Å². The zero-order chi connectivity index (χ0) is 28.3. The van der Waals surface area contributed by atoms with Crippen molar-refractivity contribution in [3.05, 3.63) is 70.0 Å². The molecule has 4 atom stereocenters. The number of aromatic nitrogens is 1. The van der Waals surface area contributed by atoms with Gasteiger partial charge in [0.2, 0.25) is 11.8 Å². The van der Waals surface area contributed by atoms with Crippen molar-refractivity contribution in [1.82, 2.24) is 9.88 Å². The minimum absolute atomic E-state index is 0.0438. The van der Waals surface area contributed by atoms with Crippen LogP contribution >= 0.6 is 11.6 Å². The Morgan fingerprint density at radius 2 is 2.03 bits per heavy atom. The van der Waals surface area contributed by atoms with E-state index in [9.17, 15) is 29.7 Å². The summed E-state index contributed by atoms with van der Waals surface area (Å²) in [6, 6.07) is 10.1. The SMILES string of the molecule is CCC1=C([C@H](O)CC/C(=C/c2ccc(O)cc2Cl)c2ccccn2)[C@H](CO)[C@@H]2C(=O)N(C(=O)OC)C(=O)[C@@H]2C1. The Kier molecular flexibility index (Phi) is 8.84. The molecule has 10 heteroatoms. The summed E-state index contributed by atoms with van der Waals surface area (Å²) in [5.74, 6) is -3.87. The van der Waals surface area contributed by atoms with Gasteiger partial charge < -0.3 is 20.1 Å². The lowest BCUT2D eigenvalue weighted by Crippen LogP contribution is -2.40. The molecule has 2 heterocycles. The average Bonchev–Trinajstić information content (AvgIpc) is 3.19. The summed E-state index contributed by atoms with van der Waals surface area (Å²) < 4.78 is 4.63. The first-order valence-electron chi connectivity index (χ1n) is 12.8. The van der Waals surface area contributed by atoms with Gasteiger partial charge in [-0.1, -0.05) is 30.2 Å². The standard InChI is InChI=1S/C29H31ClN2O7/c1-3-16-13-20-26(28(37)32(27(20)36)29(38)39-2)21(15-33)25(16)24(35)10-8-18(23-6-4-5-11-31-23)12-17-7-9-19(34)14-22(17)30/h4-7,9,11-12,14,20-21,24,26,33-35H,3,8,10,13,15H2,1-2H3/b18-12-/t20-,21+,24-,26-/m1/s1. The molecular formula is C29H31ClN2O7. The predicted octanol–water partition coefficient (Wildman–Crippen LogP) is 4.21. The number of halogens is 1. The van der Waals surface area contributed by atoms with Crippen LogP contribution in [0.1, 0.15) is 43.9 Å². The number of amides is 3. The maximum absolute atomic E-state index is 13.1. The van der Waals surface area contributed by atoms with Crippen molar-refractivity contribution in [1.29, 1.82) is 0 Å². The number of carbonyl (C=O) groups excluding carboxylic acids is 3. The molecular weight excluding hydrogens is 524 g/mol. The Morgan fingerprint density at radius 3 is 2.64 bits per heavy atom. The first-order valence-corrected chi connectivity index (χ1v) is 13.2. The molecule has 1 aromatic carbocycles. The lowest BCUT2D eigenvalue weighted by atomic mass is 9.67. The smallest absolute Gasteiger partial charge is 0.423 e. The van der Waals surface area contributed by atoms with Crippen molar-refractivity contribution in [2.24, 2.45) is 17.8 Å². The lowest BCUT2D eigenvalue weighted by Gasteiger charge is -2.36. The van der Waals surface area contributed by atoms with Gasteiger partial charge in [0.1, 0.15) is 5.75 Å². The van der Waals surface area contributed by atoms with Crippen LogP contribution in [0.2, 0.25) is 5.02 Å². The zero-order valence-electron chi connectivity index (χ0n) is 21.7. The second-order valence-electron chi connectivity index (χ2n) is 9.66. The highest BCUT2D eigenvalue weighted by Gasteiger charge is 2.56. The number of phenols is 1. The number of fused-ring (bicyclic) bond motifs is 1. The normalized spacial score (nSPS) is 22.2. The Balaban J connectivity index is 1.64. The van der Waals surface area contributed by atoms with Crippen molar-refractivity contribution < 1.29 is 34.4 Å². The predicted molar refractivity (Wildman–Crippen MR) is 144 cm³/mol. The molecule has 0 saturated carbocycles. The number of pyridine rings is 1. The summed E-state index contributed by atoms with van der Waals surface area (Å²) in [5.41, 5.74) is 3.48. The molecule has 2 aromatic rings. The van der Waals surface area contributed by atoms with Crippen molar-refractivity contribution in [2.75, 3.05) is 13.7 Å². The fourth-order valence-corrected chi connectivity index (χ4v) is 5.89. The molecule has 0 bridgehead atoms. The number of phenolic OH excluding ortho intramolecular Hbond substituents is 1. The number of allylic oxidation sites excluding steroid dienone is 2. The van der Waals surface area contributed by atoms with Gasteiger partial charge in [-0.25, -0.2) is 4.79 Å². The van der Waals surface area contributed by atoms with Gasteiger partial charge in [-0.3, -0.25) is 14.6 Å². The van der Waals surface area contributed by atoms with E-state index in [0.29, 0.717) is 39.6 Å². The highest BCUT2D eigenvalue weighted by atomic mass is 35.5. The van der Waals surface area contributed by atoms with Crippen LogP contribution in [0.5, 0.6) is 5.75 Å². The largest absolute Gasteiger partial charge is 0.508 e. The number of imide groups is 3. The number of aliphatic hydroxyl groups excluding tert-OH is 2. The van der Waals surface area contributed by atoms with E-state index in [2.05, 4.69) is 9.72 Å². The summed E-state index contributed by atoms with van der Waals surface area (Å²) in [5, 5.41) is 31.9. The molecule has 3 N–H and O–H groups in total. The molecule has 0 radical (unpaired) electrons. The van der Waals surface area contributed by atoms with Gasteiger partial charge >= 0.3 is 6.09 Å². The molecule has 1 aliphatic carbocycles. The lowest BCUT2D eigenvalue weighted by molar-refractivity contribution is -0.137. The summed E-state index contributed by atoms with van der Waals surface area (Å²) in [6.07, 6.45) is 2.79. The number of nitrogens with zero attached hydrogens (tertiary/aromatic N) is 2. The molecule has 2 aliphatic rings. The Hall–Kier alpha value is -3.53. The molecule has 0 spiro atoms. The highest BCUT2D eigenvalue weighted by molar-refractivity contribution is 6.32. The van der Waals surface area contributed by atoms with Crippen LogP contribution in [0.25, 0.3) is 11.6 Å². The third kappa shape index (κ3) is 5.61. The van der Waals surface area contributed by atoms with E-state index in [4.69, 9.17) is 11.6 Å². The number of methoxy groups -OCH3 is 1. The molecule has 1 aromatic heterocycles. The topological polar surface area (TPSA) is 137 Å². The van der Waals surface area contributed by atoms with Crippen molar-refractivity contribution in [2.45, 2.75) is 38.7 Å². The second-order valence-corrected chi connectivity index (χ2v) is 10.1. The van der Waals surface area contributed by atoms with Gasteiger partial charge in [0.15, 0.2) is 0 Å². The Morgan fingerprint density at radius 1 is 1.26 bits per heavy atom. The quantitative estimate of drug-likeness (QED) is 0.326. The summed E-state index contributed by atoms with van der Waals surface area (Å²) in [4.78, 5) is 43.2. The maximum Gasteiger partial charge on any atom is 0.423 e. The Bertz CT molecular complexity index is 1320. The van der Waals surface area contributed by atoms with E-state index in [-0.39, 0.29) is 18.6 Å². The number of aliphatic hydroxyl groups is 2. The molecule has 1 aliphatic heterocycles. The van der Waals surface area contributed by atoms with Crippen molar-refractivity contribution in [3.63, 3.8) is 0 Å². The number of likely N-dealkylation sites (tertiary alicyclic amines) is 1. The molecule has 1 fully saturated rings. The van der Waals surface area contributed by atoms with E-state index in [0.717, 1.165) is 18.3 Å². The summed E-state index contributed by atoms with van der Waals surface area (Å²) in [7, 11) is 1.09. The van der Waals surface area contributed by atoms with Crippen LogP contribution in [-0.2, 0) is 14.3 Å². The van der Waals surface area contributed by atoms with Gasteiger partial charge in [0.25, 0.3) is 0 Å². The van der Waals surface area contributed by atoms with Crippen LogP contribution < -0.4 is 0 Å². The van der Waals surface area contributed by atoms with Gasteiger partial charge in [-0.2, -0.15) is 4.90 Å². The van der Waals surface area contributed by atoms with E-state index >= 15 is 0 Å². The number of ether oxygens (including phenoxy) is 1. The van der Waals surface area contributed by atoms with Gasteiger partial charge in [0, 0.05) is 12.1 Å². The first-order chi connectivity index (χ1) is 18.7. The summed E-state index contributed by atoms with van der Waals surface area (Å²) >= 11 is 6.34. The molecule has 3 amide bonds. The fourth-order valence-electron chi connectivity index (χ4n) is 5.66. The molecule has 0 unspecified atom stereocenters. The fraction of sp³-hybridized carbons (Fsp3) is 0.379. The third-order valence-corrected chi connectivity index (χ3v) is 7.85. The van der Waals surface area contributed by atoms with Crippen LogP contribution in [0, 0.1) is 17.8 Å². The third-order valence-electron chi connectivity index (χ3n) is 7.52. The van der Waals surface area contributed by atoms with Crippen molar-refractivity contribution in [3.8, 4) is 5.75 Å². The van der Waals surface area contributed by atoms with Gasteiger partial charge in [-0.15, -0.1) is 0 Å². The molecule has 1 saturated heterocycles. The minimum atomic E-state index is -1.05. The molecule has 9 nitrogen and oxygen atoms in total. The maximum atomic E-state index is 13.1. The van der Waals surface area contributed by atoms with Gasteiger partial charge in [-0.05, 0) is 78.8 Å². The number of benzene rings is 1. The molecule has 39 heavy (non-hydrogen) atoms. The number of carbonyl (C=O) groups is 3. The van der Waals surface area contributed by atoms with Crippen LogP contribution in [-0.4, -0.2) is 62.9 Å². The summed E-state index contributed by atoms with van der Waals surface area (Å²) in [6.45, 7) is 1.43. The number of hydrogen-bond donors (Lipinski definition) is 3. The van der Waals surface area contributed by atoms with Crippen molar-refractivity contribution >= 4 is 41.2 Å².